The van der Waals surface area contributed by atoms with Gasteiger partial charge in [0.2, 0.25) is 0 Å². The molecule has 2 heterocycles. The van der Waals surface area contributed by atoms with Gasteiger partial charge in [0.15, 0.2) is 11.5 Å². The fourth-order valence-corrected chi connectivity index (χ4v) is 5.23. The third kappa shape index (κ3) is 4.08. The Labute approximate surface area is 207 Å². The minimum Gasteiger partial charge on any atom is -0.493 e. The van der Waals surface area contributed by atoms with Crippen LogP contribution in [-0.2, 0) is 4.79 Å². The maximum absolute atomic E-state index is 12.6. The number of thiocarbonyl (C=S) groups is 1. The van der Waals surface area contributed by atoms with E-state index in [1.54, 1.807) is 14.2 Å². The van der Waals surface area contributed by atoms with Gasteiger partial charge in [-0.15, -0.1) is 0 Å². The number of carbonyl (C=O) groups is 1. The molecule has 0 unspecified atom stereocenters. The van der Waals surface area contributed by atoms with Gasteiger partial charge < -0.3 is 19.5 Å². The van der Waals surface area contributed by atoms with Crippen molar-refractivity contribution in [2.75, 3.05) is 14.2 Å². The van der Waals surface area contributed by atoms with E-state index < -0.39 is 0 Å². The number of ether oxygens (including phenoxy) is 3. The smallest absolute Gasteiger partial charge is 0.263 e. The Morgan fingerprint density at radius 3 is 2.41 bits per heavy atom. The summed E-state index contributed by atoms with van der Waals surface area (Å²) in [4.78, 5) is 13.1. The fraction of sp³-hybridized carbons (Fsp3) is 0.111. The van der Waals surface area contributed by atoms with Crippen LogP contribution in [0.15, 0.2) is 89.4 Å². The Balaban J connectivity index is 1.78. The summed E-state index contributed by atoms with van der Waals surface area (Å²) in [5, 5.41) is 2.71. The lowest BCUT2D eigenvalue weighted by molar-refractivity contribution is -0.115. The molecule has 0 bridgehead atoms. The van der Waals surface area contributed by atoms with E-state index in [1.807, 2.05) is 60.7 Å². The highest BCUT2D eigenvalue weighted by atomic mass is 32.2. The van der Waals surface area contributed by atoms with Crippen LogP contribution in [-0.4, -0.2) is 24.4 Å². The van der Waals surface area contributed by atoms with Crippen molar-refractivity contribution in [2.24, 2.45) is 0 Å². The van der Waals surface area contributed by atoms with E-state index in [2.05, 4.69) is 23.5 Å². The Bertz CT molecular complexity index is 1350. The molecule has 3 aromatic rings. The maximum Gasteiger partial charge on any atom is 0.263 e. The Morgan fingerprint density at radius 1 is 0.971 bits per heavy atom. The van der Waals surface area contributed by atoms with Crippen LogP contribution >= 0.6 is 24.0 Å². The van der Waals surface area contributed by atoms with Gasteiger partial charge >= 0.3 is 0 Å². The van der Waals surface area contributed by atoms with Gasteiger partial charge in [0, 0.05) is 22.6 Å². The molecular formula is C27H21NO4S2. The van der Waals surface area contributed by atoms with Crippen molar-refractivity contribution in [3.63, 3.8) is 0 Å². The summed E-state index contributed by atoms with van der Waals surface area (Å²) >= 11 is 6.48. The summed E-state index contributed by atoms with van der Waals surface area (Å²) in [5.74, 6) is 2.27. The molecular weight excluding hydrogens is 466 g/mol. The molecule has 0 saturated carbocycles. The number of allylic oxidation sites excluding steroid dienone is 2. The zero-order valence-corrected chi connectivity index (χ0v) is 20.2. The van der Waals surface area contributed by atoms with Crippen LogP contribution in [0.3, 0.4) is 0 Å². The molecule has 34 heavy (non-hydrogen) atoms. The minimum absolute atomic E-state index is 0.149. The monoisotopic (exact) mass is 487 g/mol. The molecule has 1 fully saturated rings. The van der Waals surface area contributed by atoms with Crippen LogP contribution in [0.2, 0.25) is 0 Å². The summed E-state index contributed by atoms with van der Waals surface area (Å²) in [7, 11) is 3.20. The van der Waals surface area contributed by atoms with E-state index in [9.17, 15) is 4.79 Å². The molecule has 0 aliphatic carbocycles. The van der Waals surface area contributed by atoms with Gasteiger partial charge in [-0.05, 0) is 35.9 Å². The average Bonchev–Trinajstić information content (AvgIpc) is 3.19. The van der Waals surface area contributed by atoms with Gasteiger partial charge in [0.25, 0.3) is 5.91 Å². The van der Waals surface area contributed by atoms with Crippen molar-refractivity contribution in [2.45, 2.75) is 5.92 Å². The van der Waals surface area contributed by atoms with Crippen molar-refractivity contribution in [3.05, 3.63) is 106 Å². The third-order valence-electron chi connectivity index (χ3n) is 5.72. The van der Waals surface area contributed by atoms with Crippen molar-refractivity contribution >= 4 is 40.0 Å². The molecule has 2 aliphatic rings. The second kappa shape index (κ2) is 9.37. The van der Waals surface area contributed by atoms with E-state index in [0.29, 0.717) is 26.5 Å². The van der Waals surface area contributed by atoms with E-state index >= 15 is 0 Å². The first-order valence-corrected chi connectivity index (χ1v) is 11.8. The van der Waals surface area contributed by atoms with Crippen molar-refractivity contribution in [3.8, 4) is 17.2 Å². The minimum atomic E-state index is -0.208. The molecule has 3 aromatic carbocycles. The molecule has 5 rings (SSSR count). The number of nitrogens with one attached hydrogen (secondary N) is 1. The number of fused-ring (bicyclic) bond motifs is 1. The summed E-state index contributed by atoms with van der Waals surface area (Å²) < 4.78 is 17.9. The number of hydrogen-bond donors (Lipinski definition) is 1. The molecule has 1 saturated heterocycles. The molecule has 1 amide bonds. The first-order valence-electron chi connectivity index (χ1n) is 10.6. The number of hydrogen-bond acceptors (Lipinski definition) is 6. The lowest BCUT2D eigenvalue weighted by Crippen LogP contribution is -2.19. The predicted molar refractivity (Wildman–Crippen MR) is 138 cm³/mol. The molecule has 5 nitrogen and oxygen atoms in total. The molecule has 0 aromatic heterocycles. The van der Waals surface area contributed by atoms with Gasteiger partial charge in [0.05, 0.1) is 19.1 Å². The SMILES string of the molecule is COc1ccc(C2=C(/C=C3\SC(=S)NC3=O)[C@@H](c3ccccc3)c3ccccc3O2)cc1OC. The van der Waals surface area contributed by atoms with Crippen molar-refractivity contribution < 1.29 is 19.0 Å². The molecule has 1 N–H and O–H groups in total. The van der Waals surface area contributed by atoms with E-state index in [-0.39, 0.29) is 11.8 Å². The Hall–Kier alpha value is -3.55. The Morgan fingerprint density at radius 2 is 1.71 bits per heavy atom. The number of rotatable bonds is 5. The van der Waals surface area contributed by atoms with Crippen LogP contribution < -0.4 is 19.5 Å². The van der Waals surface area contributed by atoms with Gasteiger partial charge in [0.1, 0.15) is 15.8 Å². The average molecular weight is 488 g/mol. The number of benzene rings is 3. The Kier molecular flexibility index (Phi) is 6.13. The van der Waals surface area contributed by atoms with Gasteiger partial charge in [-0.1, -0.05) is 72.5 Å². The van der Waals surface area contributed by atoms with Gasteiger partial charge in [-0.3, -0.25) is 4.79 Å². The van der Waals surface area contributed by atoms with Crippen molar-refractivity contribution in [1.82, 2.24) is 5.32 Å². The van der Waals surface area contributed by atoms with E-state index in [0.717, 1.165) is 28.0 Å². The zero-order valence-electron chi connectivity index (χ0n) is 18.5. The van der Waals surface area contributed by atoms with Crippen LogP contribution in [0.1, 0.15) is 22.6 Å². The number of thioether (sulfide) groups is 1. The summed E-state index contributed by atoms with van der Waals surface area (Å²) in [5.41, 5.74) is 3.79. The number of carbonyl (C=O) groups excluding carboxylic acids is 1. The zero-order chi connectivity index (χ0) is 23.7. The highest BCUT2D eigenvalue weighted by Gasteiger charge is 2.33. The normalized spacial score (nSPS) is 18.4. The van der Waals surface area contributed by atoms with E-state index in [4.69, 9.17) is 26.4 Å². The predicted octanol–water partition coefficient (Wildman–Crippen LogP) is 5.67. The topological polar surface area (TPSA) is 56.8 Å². The second-order valence-corrected chi connectivity index (χ2v) is 9.41. The molecule has 1 atom stereocenters. The lowest BCUT2D eigenvalue weighted by Gasteiger charge is -2.30. The fourth-order valence-electron chi connectivity index (χ4n) is 4.20. The summed E-state index contributed by atoms with van der Waals surface area (Å²) in [6, 6.07) is 23.8. The standard InChI is InChI=1S/C27H21NO4S2/c1-30-21-13-12-17(14-22(21)31-2)25-19(15-23-26(29)28-27(33)34-23)24(16-8-4-3-5-9-16)18-10-6-7-11-20(18)32-25/h3-15,24H,1-2H3,(H,28,29,33)/b23-15-/t24-/m0/s1. The number of para-hydroxylation sites is 1. The first kappa shape index (κ1) is 22.3. The van der Waals surface area contributed by atoms with E-state index in [1.165, 1.54) is 11.8 Å². The molecule has 0 spiro atoms. The highest BCUT2D eigenvalue weighted by molar-refractivity contribution is 8.26. The number of amides is 1. The quantitative estimate of drug-likeness (QED) is 0.370. The third-order valence-corrected chi connectivity index (χ3v) is 6.89. The van der Waals surface area contributed by atoms with Crippen molar-refractivity contribution in [1.29, 1.82) is 0 Å². The molecule has 2 aliphatic heterocycles. The van der Waals surface area contributed by atoms with Crippen LogP contribution in [0.5, 0.6) is 17.2 Å². The largest absolute Gasteiger partial charge is 0.493 e. The summed E-state index contributed by atoms with van der Waals surface area (Å²) in [6.45, 7) is 0. The van der Waals surface area contributed by atoms with Crippen LogP contribution in [0.4, 0.5) is 0 Å². The molecule has 0 radical (unpaired) electrons. The van der Waals surface area contributed by atoms with Gasteiger partial charge in [-0.2, -0.15) is 0 Å². The van der Waals surface area contributed by atoms with Crippen LogP contribution in [0.25, 0.3) is 5.76 Å². The first-order chi connectivity index (χ1) is 16.6. The second-order valence-electron chi connectivity index (χ2n) is 7.69. The maximum atomic E-state index is 12.6. The highest BCUT2D eigenvalue weighted by Crippen LogP contribution is 2.48. The van der Waals surface area contributed by atoms with Crippen LogP contribution in [0, 0.1) is 0 Å². The molecule has 7 heteroatoms. The molecule has 170 valence electrons. The lowest BCUT2D eigenvalue weighted by atomic mass is 9.81. The number of methoxy groups -OCH3 is 2. The van der Waals surface area contributed by atoms with Gasteiger partial charge in [-0.25, -0.2) is 0 Å². The summed E-state index contributed by atoms with van der Waals surface area (Å²) in [6.07, 6.45) is 1.89.